The van der Waals surface area contributed by atoms with Crippen LogP contribution in [0.5, 0.6) is 0 Å². The first-order valence-corrected chi connectivity index (χ1v) is 6.55. The Morgan fingerprint density at radius 1 is 1.44 bits per heavy atom. The van der Waals surface area contributed by atoms with Crippen LogP contribution >= 0.6 is 8.73 Å². The predicted molar refractivity (Wildman–Crippen MR) is 69.0 cm³/mol. The second-order valence-electron chi connectivity index (χ2n) is 3.41. The molecule has 0 aliphatic heterocycles. The maximum atomic E-state index is 12.0. The van der Waals surface area contributed by atoms with Crippen LogP contribution in [-0.2, 0) is 11.3 Å². The molecular weight excluding hydrogens is 280 g/mol. The van der Waals surface area contributed by atoms with Crippen LogP contribution in [0, 0.1) is 13.8 Å². The number of amides is 1. The van der Waals surface area contributed by atoms with Crippen molar-refractivity contribution in [1.29, 1.82) is 0 Å². The number of anilines is 1. The topological polar surface area (TPSA) is 73.1 Å². The zero-order chi connectivity index (χ0) is 13.2. The summed E-state index contributed by atoms with van der Waals surface area (Å²) in [5.74, 6) is -0.307. The molecule has 0 radical (unpaired) electrons. The van der Waals surface area contributed by atoms with Gasteiger partial charge in [0.2, 0.25) is 0 Å². The van der Waals surface area contributed by atoms with Crippen LogP contribution < -0.4 is 68.0 Å². The minimum absolute atomic E-state index is 0. The number of carbonyl (C=O) groups excluding carboxylic acids is 1. The second kappa shape index (κ2) is 7.62. The van der Waals surface area contributed by atoms with Crippen molar-refractivity contribution in [2.75, 3.05) is 12.0 Å². The zero-order valence-electron chi connectivity index (χ0n) is 11.0. The summed E-state index contributed by atoms with van der Waals surface area (Å²) in [4.78, 5) is 34.8. The van der Waals surface area contributed by atoms with Crippen molar-refractivity contribution in [3.05, 3.63) is 33.3 Å². The summed E-state index contributed by atoms with van der Waals surface area (Å²) in [6.07, 6.45) is 0. The first-order chi connectivity index (χ1) is 7.93. The normalized spacial score (nSPS) is 10.4. The molecule has 94 valence electrons. The van der Waals surface area contributed by atoms with Crippen LogP contribution in [0.3, 0.4) is 0 Å². The van der Waals surface area contributed by atoms with Gasteiger partial charge in [0.05, 0.1) is 11.5 Å². The van der Waals surface area contributed by atoms with Crippen molar-refractivity contribution < 1.29 is 56.2 Å². The summed E-state index contributed by atoms with van der Waals surface area (Å²) in [5.41, 5.74) is -0.443. The molecule has 6 nitrogen and oxygen atoms in total. The van der Waals surface area contributed by atoms with E-state index in [4.69, 9.17) is 0 Å². The molecule has 0 saturated carbocycles. The van der Waals surface area contributed by atoms with Crippen LogP contribution in [-0.4, -0.2) is 21.5 Å². The van der Waals surface area contributed by atoms with E-state index >= 15 is 0 Å². The van der Waals surface area contributed by atoms with Crippen LogP contribution in [0.1, 0.15) is 12.5 Å². The fourth-order valence-electron chi connectivity index (χ4n) is 1.54. The molecule has 1 heterocycles. The maximum Gasteiger partial charge on any atom is 1.00 e. The van der Waals surface area contributed by atoms with Crippen molar-refractivity contribution in [1.82, 2.24) is 8.90 Å². The molecule has 1 aromatic heterocycles. The third kappa shape index (κ3) is 3.56. The molecule has 0 saturated heterocycles. The number of aromatic nitrogens is 2. The minimum Gasteiger partial charge on any atom is -0.337 e. The Hall–Kier alpha value is 0.0864. The molecule has 8 heteroatoms. The van der Waals surface area contributed by atoms with Gasteiger partial charge in [0.25, 0.3) is 5.56 Å². The van der Waals surface area contributed by atoms with E-state index in [0.29, 0.717) is 12.1 Å². The van der Waals surface area contributed by atoms with Gasteiger partial charge in [-0.1, -0.05) is 0 Å². The molecule has 1 unspecified atom stereocenters. The summed E-state index contributed by atoms with van der Waals surface area (Å²) in [6, 6.07) is 0. The Kier molecular flexibility index (Phi) is 7.66. The standard InChI is InChI=1S/C10H15N3O3P.K/c1-5-12-9(15)6(2)8(11-7(3)14)13(17-4)10(12)16;/h17H,3,5H2,1-2,4H3,(H,11,14);/q-1;+1. The van der Waals surface area contributed by atoms with Gasteiger partial charge in [-0.2, -0.15) is 0 Å². The summed E-state index contributed by atoms with van der Waals surface area (Å²) in [7, 11) is 0.121. The Labute approximate surface area is 149 Å². The Morgan fingerprint density at radius 2 is 2.00 bits per heavy atom. The number of rotatable bonds is 3. The van der Waals surface area contributed by atoms with Gasteiger partial charge in [-0.3, -0.25) is 13.7 Å². The van der Waals surface area contributed by atoms with Crippen molar-refractivity contribution >= 4 is 20.5 Å². The quantitative estimate of drug-likeness (QED) is 0.372. The minimum atomic E-state index is -0.548. The third-order valence-corrected chi connectivity index (χ3v) is 3.23. The van der Waals surface area contributed by atoms with Gasteiger partial charge in [0.1, 0.15) is 5.82 Å². The average Bonchev–Trinajstić information content (AvgIpc) is 2.26. The van der Waals surface area contributed by atoms with E-state index in [9.17, 15) is 14.4 Å². The zero-order valence-corrected chi connectivity index (χ0v) is 15.2. The first kappa shape index (κ1) is 18.1. The Balaban J connectivity index is 0.00000289. The molecule has 1 aromatic rings. The largest absolute Gasteiger partial charge is 1.00 e. The molecule has 0 fully saturated rings. The molecule has 0 spiro atoms. The van der Waals surface area contributed by atoms with E-state index in [2.05, 4.69) is 12.2 Å². The fraction of sp³-hybridized carbons (Fsp3) is 0.400. The smallest absolute Gasteiger partial charge is 0.337 e. The Bertz CT molecular complexity index is 565. The molecule has 18 heavy (non-hydrogen) atoms. The Morgan fingerprint density at radius 3 is 2.39 bits per heavy atom. The number of nitrogens with one attached hydrogen (secondary N) is 1. The summed E-state index contributed by atoms with van der Waals surface area (Å²) in [5, 5.41) is 2.43. The van der Waals surface area contributed by atoms with Crippen molar-refractivity contribution in [3.8, 4) is 0 Å². The average molecular weight is 295 g/mol. The molecule has 1 atom stereocenters. The van der Waals surface area contributed by atoms with Gasteiger partial charge in [-0.05, 0) is 29.2 Å². The predicted octanol–water partition coefficient (Wildman–Crippen LogP) is -2.81. The van der Waals surface area contributed by atoms with E-state index in [0.717, 1.165) is 4.57 Å². The van der Waals surface area contributed by atoms with Crippen molar-refractivity contribution in [2.45, 2.75) is 20.4 Å². The fourth-order valence-corrected chi connectivity index (χ4v) is 2.30. The molecule has 0 aliphatic carbocycles. The van der Waals surface area contributed by atoms with Gasteiger partial charge in [0, 0.05) is 6.54 Å². The van der Waals surface area contributed by atoms with Crippen LogP contribution in [0.4, 0.5) is 5.82 Å². The van der Waals surface area contributed by atoms with E-state index in [1.54, 1.807) is 20.5 Å². The van der Waals surface area contributed by atoms with E-state index in [-0.39, 0.29) is 71.5 Å². The van der Waals surface area contributed by atoms with Gasteiger partial charge in [0.15, 0.2) is 0 Å². The van der Waals surface area contributed by atoms with E-state index in [1.165, 1.54) is 4.34 Å². The van der Waals surface area contributed by atoms with Crippen molar-refractivity contribution in [2.24, 2.45) is 0 Å². The monoisotopic (exact) mass is 295 g/mol. The van der Waals surface area contributed by atoms with Gasteiger partial charge >= 0.3 is 57.1 Å². The number of hydrogen-bond donors (Lipinski definition) is 1. The molecule has 0 bridgehead atoms. The van der Waals surface area contributed by atoms with Gasteiger partial charge in [-0.25, -0.2) is 4.79 Å². The molecule has 0 aromatic carbocycles. The number of hydrogen-bond acceptors (Lipinski definition) is 3. The molecule has 1 rings (SSSR count). The van der Waals surface area contributed by atoms with Crippen molar-refractivity contribution in [3.63, 3.8) is 0 Å². The van der Waals surface area contributed by atoms with Crippen LogP contribution in [0.15, 0.2) is 9.59 Å². The molecule has 1 N–H and O–H groups in total. The summed E-state index contributed by atoms with van der Waals surface area (Å²) < 4.78 is 2.52. The van der Waals surface area contributed by atoms with Gasteiger partial charge in [-0.15, -0.1) is 0 Å². The first-order valence-electron chi connectivity index (χ1n) is 5.11. The van der Waals surface area contributed by atoms with Crippen LogP contribution in [0.2, 0.25) is 0 Å². The summed E-state index contributed by atoms with van der Waals surface area (Å²) in [6.45, 7) is 8.59. The van der Waals surface area contributed by atoms with E-state index < -0.39 is 11.6 Å². The number of nitrogens with zero attached hydrogens (tertiary/aromatic N) is 2. The van der Waals surface area contributed by atoms with Crippen LogP contribution in [0.25, 0.3) is 0 Å². The number of carbonyl (C=O) groups is 1. The summed E-state index contributed by atoms with van der Waals surface area (Å²) >= 11 is 0. The molecular formula is C10H15KN3O3P. The second-order valence-corrected chi connectivity index (χ2v) is 4.31. The molecule has 0 aliphatic rings. The van der Waals surface area contributed by atoms with Gasteiger partial charge < -0.3 is 17.0 Å². The molecule has 1 amide bonds. The third-order valence-electron chi connectivity index (χ3n) is 2.36. The maximum absolute atomic E-state index is 12.0. The van der Waals surface area contributed by atoms with E-state index in [1.807, 2.05) is 0 Å². The SMILES string of the molecule is [CH2-]C(=O)Nc1c(C)c(=O)n(CC)c(=O)n1PC.[K+].